The van der Waals surface area contributed by atoms with E-state index >= 15 is 0 Å². The molecule has 2 aromatic heterocycles. The van der Waals surface area contributed by atoms with Crippen LogP contribution in [0.25, 0.3) is 21.8 Å². The minimum atomic E-state index is 0.243. The Hall–Kier alpha value is -2.56. The number of hydrogen-bond acceptors (Lipinski definition) is 2. The molecule has 0 bridgehead atoms. The molecule has 4 heteroatoms. The molecular formula is C38H54N4. The van der Waals surface area contributed by atoms with Crippen molar-refractivity contribution in [3.63, 3.8) is 0 Å². The molecule has 2 aliphatic rings. The number of aromatic nitrogens is 2. The maximum absolute atomic E-state index is 6.87. The van der Waals surface area contributed by atoms with Crippen LogP contribution in [-0.2, 0) is 0 Å². The Labute approximate surface area is 253 Å². The Morgan fingerprint density at radius 3 is 1.62 bits per heavy atom. The standard InChI is InChI=1S/C38H54N4/c1-2-3-4-5-6-7-8-15-30(26-18-20-33(39)31(22-26)37-24-28-13-9-11-16-35(28)41-37)27-19-21-34(40)32(23-27)38-25-29-14-10-12-17-36(29)42-38/h9-14,16-17,24-27,30-34,41-42H,2-8,15,18-23,39-40H2,1H3. The maximum Gasteiger partial charge on any atom is 0.0456 e. The van der Waals surface area contributed by atoms with Crippen LogP contribution in [0.1, 0.15) is 120 Å². The van der Waals surface area contributed by atoms with E-state index in [0.29, 0.717) is 11.8 Å². The van der Waals surface area contributed by atoms with Gasteiger partial charge in [0.05, 0.1) is 0 Å². The highest BCUT2D eigenvalue weighted by atomic mass is 14.8. The summed E-state index contributed by atoms with van der Waals surface area (Å²) in [7, 11) is 0. The van der Waals surface area contributed by atoms with Crippen molar-refractivity contribution in [1.29, 1.82) is 0 Å². The Morgan fingerprint density at radius 1 is 0.643 bits per heavy atom. The SMILES string of the molecule is CCCCCCCCCC(C1CCC(N)C(c2cc3ccccc3[nH]2)C1)C1CCC(N)C(c2cc3ccccc3[nH]2)C1. The highest BCUT2D eigenvalue weighted by molar-refractivity contribution is 5.81. The van der Waals surface area contributed by atoms with Crippen LogP contribution in [0.2, 0.25) is 0 Å². The van der Waals surface area contributed by atoms with Crippen LogP contribution >= 0.6 is 0 Å². The first-order valence-electron chi connectivity index (χ1n) is 17.3. The molecule has 2 aliphatic carbocycles. The summed E-state index contributed by atoms with van der Waals surface area (Å²) in [6, 6.07) is 22.6. The molecule has 6 rings (SSSR count). The maximum atomic E-state index is 6.87. The van der Waals surface area contributed by atoms with Gasteiger partial charge in [-0.1, -0.05) is 88.3 Å². The largest absolute Gasteiger partial charge is 0.358 e. The number of fused-ring (bicyclic) bond motifs is 2. The van der Waals surface area contributed by atoms with Crippen molar-refractivity contribution in [1.82, 2.24) is 9.97 Å². The van der Waals surface area contributed by atoms with Crippen molar-refractivity contribution >= 4 is 21.8 Å². The quantitative estimate of drug-likeness (QED) is 0.129. The Morgan fingerprint density at radius 2 is 1.12 bits per heavy atom. The first-order chi connectivity index (χ1) is 20.6. The Kier molecular flexibility index (Phi) is 9.71. The van der Waals surface area contributed by atoms with E-state index in [1.165, 1.54) is 110 Å². The fourth-order valence-corrected chi connectivity index (χ4v) is 8.73. The molecule has 0 spiro atoms. The molecule has 6 unspecified atom stereocenters. The number of para-hydroxylation sites is 2. The first kappa shape index (κ1) is 29.5. The molecule has 0 saturated heterocycles. The molecule has 226 valence electrons. The van der Waals surface area contributed by atoms with E-state index in [2.05, 4.69) is 77.6 Å². The van der Waals surface area contributed by atoms with Gasteiger partial charge in [-0.15, -0.1) is 0 Å². The summed E-state index contributed by atoms with van der Waals surface area (Å²) < 4.78 is 0. The molecule has 6 atom stereocenters. The molecule has 0 aliphatic heterocycles. The van der Waals surface area contributed by atoms with Crippen molar-refractivity contribution in [3.05, 3.63) is 72.1 Å². The van der Waals surface area contributed by atoms with E-state index in [9.17, 15) is 0 Å². The molecule has 6 N–H and O–H groups in total. The molecule has 42 heavy (non-hydrogen) atoms. The van der Waals surface area contributed by atoms with E-state index in [4.69, 9.17) is 11.5 Å². The molecule has 0 amide bonds. The summed E-state index contributed by atoms with van der Waals surface area (Å²) in [5, 5.41) is 2.62. The number of nitrogens with two attached hydrogens (primary N) is 2. The number of H-pyrrole nitrogens is 2. The van der Waals surface area contributed by atoms with Gasteiger partial charge in [-0.2, -0.15) is 0 Å². The van der Waals surface area contributed by atoms with Gasteiger partial charge in [0.25, 0.3) is 0 Å². The number of unbranched alkanes of at least 4 members (excludes halogenated alkanes) is 6. The number of rotatable bonds is 12. The molecule has 2 aromatic carbocycles. The number of nitrogens with one attached hydrogen (secondary N) is 2. The second-order valence-corrected chi connectivity index (χ2v) is 13.9. The zero-order valence-electron chi connectivity index (χ0n) is 25.9. The van der Waals surface area contributed by atoms with Gasteiger partial charge in [0.15, 0.2) is 0 Å². The highest BCUT2D eigenvalue weighted by Gasteiger charge is 2.40. The van der Waals surface area contributed by atoms with Crippen LogP contribution in [0.15, 0.2) is 60.7 Å². The predicted octanol–water partition coefficient (Wildman–Crippen LogP) is 9.53. The summed E-state index contributed by atoms with van der Waals surface area (Å²) >= 11 is 0. The fraction of sp³-hybridized carbons (Fsp3) is 0.579. The van der Waals surface area contributed by atoms with Crippen molar-refractivity contribution in [3.8, 4) is 0 Å². The van der Waals surface area contributed by atoms with Crippen LogP contribution < -0.4 is 11.5 Å². The molecule has 4 nitrogen and oxygen atoms in total. The second-order valence-electron chi connectivity index (χ2n) is 13.9. The van der Waals surface area contributed by atoms with E-state index in [-0.39, 0.29) is 12.1 Å². The van der Waals surface area contributed by atoms with Crippen molar-refractivity contribution in [2.24, 2.45) is 29.2 Å². The zero-order chi connectivity index (χ0) is 28.9. The van der Waals surface area contributed by atoms with Crippen molar-refractivity contribution in [2.45, 2.75) is 121 Å². The smallest absolute Gasteiger partial charge is 0.0456 e. The third kappa shape index (κ3) is 6.65. The van der Waals surface area contributed by atoms with E-state index in [1.807, 2.05) is 0 Å². The third-order valence-electron chi connectivity index (χ3n) is 11.1. The van der Waals surface area contributed by atoms with Gasteiger partial charge in [-0.05, 0) is 97.7 Å². The van der Waals surface area contributed by atoms with Crippen LogP contribution in [0, 0.1) is 17.8 Å². The lowest BCUT2D eigenvalue weighted by molar-refractivity contribution is 0.105. The monoisotopic (exact) mass is 566 g/mol. The first-order valence-corrected chi connectivity index (χ1v) is 17.3. The minimum Gasteiger partial charge on any atom is -0.358 e. The predicted molar refractivity (Wildman–Crippen MR) is 179 cm³/mol. The lowest BCUT2D eigenvalue weighted by Crippen LogP contribution is -2.41. The van der Waals surface area contributed by atoms with Crippen LogP contribution in [-0.4, -0.2) is 22.1 Å². The van der Waals surface area contributed by atoms with Gasteiger partial charge in [0, 0.05) is 46.3 Å². The van der Waals surface area contributed by atoms with Crippen LogP contribution in [0.5, 0.6) is 0 Å². The summed E-state index contributed by atoms with van der Waals surface area (Å²) in [4.78, 5) is 7.52. The van der Waals surface area contributed by atoms with Gasteiger partial charge < -0.3 is 21.4 Å². The van der Waals surface area contributed by atoms with E-state index < -0.39 is 0 Å². The highest BCUT2D eigenvalue weighted by Crippen LogP contribution is 2.48. The normalized spacial score (nSPS) is 27.5. The number of hydrogen-bond donors (Lipinski definition) is 4. The number of benzene rings is 2. The van der Waals surface area contributed by atoms with E-state index in [0.717, 1.165) is 30.6 Å². The van der Waals surface area contributed by atoms with Crippen molar-refractivity contribution < 1.29 is 0 Å². The van der Waals surface area contributed by atoms with Gasteiger partial charge >= 0.3 is 0 Å². The summed E-state index contributed by atoms with van der Waals surface area (Å²) in [5.74, 6) is 3.08. The second kappa shape index (κ2) is 13.8. The third-order valence-corrected chi connectivity index (χ3v) is 11.1. The van der Waals surface area contributed by atoms with Crippen LogP contribution in [0.4, 0.5) is 0 Å². The Bertz CT molecular complexity index is 1240. The van der Waals surface area contributed by atoms with Crippen molar-refractivity contribution in [2.75, 3.05) is 0 Å². The molecule has 2 heterocycles. The van der Waals surface area contributed by atoms with Gasteiger partial charge in [-0.3, -0.25) is 0 Å². The molecule has 2 saturated carbocycles. The molecule has 0 radical (unpaired) electrons. The van der Waals surface area contributed by atoms with Crippen LogP contribution in [0.3, 0.4) is 0 Å². The summed E-state index contributed by atoms with van der Waals surface area (Å²) in [6.45, 7) is 2.31. The summed E-state index contributed by atoms with van der Waals surface area (Å²) in [6.07, 6.45) is 18.3. The Balaban J connectivity index is 1.20. The average Bonchev–Trinajstić information content (AvgIpc) is 3.64. The molecule has 4 aromatic rings. The van der Waals surface area contributed by atoms with E-state index in [1.54, 1.807) is 0 Å². The summed E-state index contributed by atoms with van der Waals surface area (Å²) in [5.41, 5.74) is 18.9. The van der Waals surface area contributed by atoms with Gasteiger partial charge in [0.2, 0.25) is 0 Å². The fourth-order valence-electron chi connectivity index (χ4n) is 8.73. The van der Waals surface area contributed by atoms with Gasteiger partial charge in [0.1, 0.15) is 0 Å². The molecular weight excluding hydrogens is 512 g/mol. The lowest BCUT2D eigenvalue weighted by atomic mass is 9.62. The topological polar surface area (TPSA) is 83.6 Å². The average molecular weight is 567 g/mol. The number of aromatic amines is 2. The zero-order valence-corrected chi connectivity index (χ0v) is 25.9. The lowest BCUT2D eigenvalue weighted by Gasteiger charge is -2.44. The minimum absolute atomic E-state index is 0.243. The van der Waals surface area contributed by atoms with Gasteiger partial charge in [-0.25, -0.2) is 0 Å². The molecule has 2 fully saturated rings.